The van der Waals surface area contributed by atoms with Gasteiger partial charge in [0.15, 0.2) is 0 Å². The van der Waals surface area contributed by atoms with Crippen LogP contribution >= 0.6 is 39.3 Å². The van der Waals surface area contributed by atoms with Crippen LogP contribution in [-0.2, 0) is 4.79 Å². The minimum Gasteiger partial charge on any atom is -0.291 e. The maximum Gasteiger partial charge on any atom is 0.325 e. The van der Waals surface area contributed by atoms with Crippen LogP contribution in [0.15, 0.2) is 56.9 Å². The highest BCUT2D eigenvalue weighted by Gasteiger charge is 2.45. The van der Waals surface area contributed by atoms with E-state index in [1.54, 1.807) is 27.8 Å². The first-order valence-corrected chi connectivity index (χ1v) is 10.8. The number of aromatic nitrogens is 3. The van der Waals surface area contributed by atoms with Crippen molar-refractivity contribution in [1.82, 2.24) is 10.1 Å². The smallest absolute Gasteiger partial charge is 0.291 e. The molecule has 0 bridgehead atoms. The van der Waals surface area contributed by atoms with Gasteiger partial charge >= 0.3 is 11.3 Å². The number of hydrogen-bond acceptors (Lipinski definition) is 4. The molecule has 2 heterocycles. The maximum absolute atomic E-state index is 13.0. The summed E-state index contributed by atoms with van der Waals surface area (Å²) in [5.74, 6) is -0.167. The van der Waals surface area contributed by atoms with Gasteiger partial charge in [-0.2, -0.15) is 0 Å². The summed E-state index contributed by atoms with van der Waals surface area (Å²) in [5, 5.41) is 5.55. The van der Waals surface area contributed by atoms with Crippen molar-refractivity contribution in [2.45, 2.75) is 18.2 Å². The number of hydrogen-bond donors (Lipinski definition) is 1. The van der Waals surface area contributed by atoms with Crippen LogP contribution in [0.25, 0.3) is 11.3 Å². The van der Waals surface area contributed by atoms with Gasteiger partial charge in [-0.05, 0) is 41.3 Å². The lowest BCUT2D eigenvalue weighted by Gasteiger charge is -2.31. The molecule has 4 rings (SSSR count). The minimum atomic E-state index is -0.605. The first kappa shape index (κ1) is 19.2. The minimum absolute atomic E-state index is 0.167. The highest BCUT2D eigenvalue weighted by Crippen LogP contribution is 2.39. The number of halogens is 2. The van der Waals surface area contributed by atoms with Gasteiger partial charge in [-0.25, -0.2) is 4.90 Å². The Balaban J connectivity index is 2.12. The maximum atomic E-state index is 13.0. The van der Waals surface area contributed by atoms with Gasteiger partial charge in [0.2, 0.25) is 11.1 Å². The molecule has 1 aliphatic rings. The Morgan fingerprint density at radius 3 is 2.79 bits per heavy atom. The van der Waals surface area contributed by atoms with Gasteiger partial charge in [0.05, 0.1) is 11.3 Å². The molecule has 0 saturated carbocycles. The number of carbonyl (C=O) groups is 1. The van der Waals surface area contributed by atoms with Crippen LogP contribution in [-0.4, -0.2) is 22.2 Å². The zero-order valence-corrected chi connectivity index (χ0v) is 18.1. The number of fused-ring (bicyclic) bond motifs is 3. The predicted molar refractivity (Wildman–Crippen MR) is 113 cm³/mol. The zero-order valence-electron chi connectivity index (χ0n) is 14.9. The average molecular weight is 479 g/mol. The van der Waals surface area contributed by atoms with Gasteiger partial charge in [-0.1, -0.05) is 51.4 Å². The number of thioether (sulfide) groups is 1. The highest BCUT2D eigenvalue weighted by atomic mass is 79.9. The normalized spacial score (nSPS) is 15.1. The molecule has 1 aliphatic heterocycles. The largest absolute Gasteiger partial charge is 0.325 e. The van der Waals surface area contributed by atoms with Gasteiger partial charge in [-0.3, -0.25) is 14.6 Å². The van der Waals surface area contributed by atoms with Crippen LogP contribution < -0.4 is 15.1 Å². The fourth-order valence-corrected chi connectivity index (χ4v) is 4.35. The predicted octanol–water partition coefficient (Wildman–Crippen LogP) is 3.78. The molecule has 0 radical (unpaired) electrons. The Labute approximate surface area is 178 Å². The Morgan fingerprint density at radius 2 is 2.11 bits per heavy atom. The molecular weight excluding hydrogens is 464 g/mol. The number of H-pyrrole nitrogens is 1. The van der Waals surface area contributed by atoms with Crippen molar-refractivity contribution in [2.75, 3.05) is 11.2 Å². The van der Waals surface area contributed by atoms with Crippen LogP contribution in [0.2, 0.25) is 5.02 Å². The van der Waals surface area contributed by atoms with Crippen molar-refractivity contribution in [3.8, 4) is 11.3 Å². The summed E-state index contributed by atoms with van der Waals surface area (Å²) in [6.45, 7) is 1.50. The van der Waals surface area contributed by atoms with Gasteiger partial charge in [0, 0.05) is 27.1 Å². The van der Waals surface area contributed by atoms with Crippen molar-refractivity contribution >= 4 is 50.9 Å². The first-order valence-electron chi connectivity index (χ1n) is 8.36. The summed E-state index contributed by atoms with van der Waals surface area (Å²) < 4.78 is 2.47. The summed E-state index contributed by atoms with van der Waals surface area (Å²) in [7, 11) is 0. The average Bonchev–Trinajstić information content (AvgIpc) is 2.66. The highest BCUT2D eigenvalue weighted by molar-refractivity contribution is 9.10. The molecule has 0 spiro atoms. The Kier molecular flexibility index (Phi) is 5.03. The molecule has 3 aromatic rings. The summed E-state index contributed by atoms with van der Waals surface area (Å²) in [4.78, 5) is 30.1. The molecule has 142 valence electrons. The van der Waals surface area contributed by atoms with E-state index in [2.05, 4.69) is 26.0 Å². The lowest BCUT2D eigenvalue weighted by atomic mass is 10.0. The van der Waals surface area contributed by atoms with Gasteiger partial charge < -0.3 is 0 Å². The number of benzene rings is 2. The number of nitrogens with zero attached hydrogens (tertiary/aromatic N) is 3. The van der Waals surface area contributed by atoms with Crippen molar-refractivity contribution in [1.29, 1.82) is 0 Å². The van der Waals surface area contributed by atoms with Crippen LogP contribution in [0.1, 0.15) is 18.7 Å². The van der Waals surface area contributed by atoms with E-state index in [1.807, 2.05) is 30.5 Å². The third-order valence-electron chi connectivity index (χ3n) is 4.49. The van der Waals surface area contributed by atoms with E-state index < -0.39 is 6.17 Å². The number of nitrogens with one attached hydrogen (secondary N) is 1. The Hall–Kier alpha value is -2.16. The molecule has 1 amide bonds. The molecular formula is C19H15BrClN4O2S+. The van der Waals surface area contributed by atoms with Crippen LogP contribution in [0.3, 0.4) is 0 Å². The van der Waals surface area contributed by atoms with Crippen molar-refractivity contribution < 1.29 is 9.48 Å². The van der Waals surface area contributed by atoms with E-state index >= 15 is 0 Å². The molecule has 28 heavy (non-hydrogen) atoms. The number of aromatic amines is 1. The number of carbonyl (C=O) groups excluding carboxylic acids is 1. The number of rotatable bonds is 2. The van der Waals surface area contributed by atoms with E-state index in [0.29, 0.717) is 27.1 Å². The van der Waals surface area contributed by atoms with Crippen LogP contribution in [0.4, 0.5) is 5.69 Å². The monoisotopic (exact) mass is 477 g/mol. The SMILES string of the molecule is CSc1n[n+]2c(c(=O)[nH]1)-c1cc(Cl)ccc1N(C(C)=O)[C@H]2c1cccc(Br)c1. The fourth-order valence-electron chi connectivity index (χ4n) is 3.40. The van der Waals surface area contributed by atoms with E-state index in [-0.39, 0.29) is 11.5 Å². The second-order valence-corrected chi connectivity index (χ2v) is 8.38. The molecule has 0 fully saturated rings. The van der Waals surface area contributed by atoms with E-state index in [0.717, 1.165) is 10.0 Å². The van der Waals surface area contributed by atoms with E-state index in [4.69, 9.17) is 11.6 Å². The Morgan fingerprint density at radius 1 is 1.32 bits per heavy atom. The number of anilines is 1. The van der Waals surface area contributed by atoms with E-state index in [9.17, 15) is 9.59 Å². The lowest BCUT2D eigenvalue weighted by molar-refractivity contribution is -0.763. The quantitative estimate of drug-likeness (QED) is 0.450. The molecule has 1 N–H and O–H groups in total. The summed E-state index contributed by atoms with van der Waals surface area (Å²) >= 11 is 11.0. The number of amides is 1. The lowest BCUT2D eigenvalue weighted by Crippen LogP contribution is -2.60. The van der Waals surface area contributed by atoms with Crippen molar-refractivity contribution in [3.05, 3.63) is 67.9 Å². The molecule has 2 aromatic carbocycles. The second kappa shape index (κ2) is 7.35. The molecule has 0 saturated heterocycles. The third kappa shape index (κ3) is 3.15. The van der Waals surface area contributed by atoms with Gasteiger partial charge in [0.1, 0.15) is 0 Å². The molecule has 6 nitrogen and oxygen atoms in total. The third-order valence-corrected chi connectivity index (χ3v) is 5.79. The molecule has 1 atom stereocenters. The van der Waals surface area contributed by atoms with Crippen LogP contribution in [0, 0.1) is 0 Å². The Bertz CT molecular complexity index is 1170. The first-order chi connectivity index (χ1) is 13.4. The molecule has 9 heteroatoms. The molecule has 0 aliphatic carbocycles. The standard InChI is InChI=1S/C19H14BrClN4O2S/c1-10(26)24-15-7-6-13(21)9-14(15)16-17(27)22-19(28-2)23-25(16)18(24)11-4-3-5-12(20)8-11/h3-9,18H,1-2H3/p+1/t18-/m1/s1. The summed E-state index contributed by atoms with van der Waals surface area (Å²) in [6.07, 6.45) is 1.22. The van der Waals surface area contributed by atoms with Crippen molar-refractivity contribution in [3.63, 3.8) is 0 Å². The zero-order chi connectivity index (χ0) is 20.0. The van der Waals surface area contributed by atoms with E-state index in [1.165, 1.54) is 18.7 Å². The van der Waals surface area contributed by atoms with Crippen LogP contribution in [0.5, 0.6) is 0 Å². The van der Waals surface area contributed by atoms with Crippen molar-refractivity contribution in [2.24, 2.45) is 0 Å². The summed E-state index contributed by atoms with van der Waals surface area (Å²) in [5.41, 5.74) is 2.08. The summed E-state index contributed by atoms with van der Waals surface area (Å²) in [6, 6.07) is 12.8. The van der Waals surface area contributed by atoms with Gasteiger partial charge in [-0.15, -0.1) is 0 Å². The van der Waals surface area contributed by atoms with Gasteiger partial charge in [0.25, 0.3) is 6.17 Å². The fraction of sp³-hybridized carbons (Fsp3) is 0.158. The topological polar surface area (TPSA) is 69.9 Å². The molecule has 0 unspecified atom stereocenters. The molecule has 1 aromatic heterocycles. The second-order valence-electron chi connectivity index (χ2n) is 6.24.